The van der Waals surface area contributed by atoms with Gasteiger partial charge in [-0.2, -0.15) is 4.98 Å². The van der Waals surface area contributed by atoms with Crippen molar-refractivity contribution >= 4 is 22.8 Å². The van der Waals surface area contributed by atoms with E-state index in [0.717, 1.165) is 11.1 Å². The lowest BCUT2D eigenvalue weighted by Crippen LogP contribution is -2.15. The Hall–Kier alpha value is -3.87. The second-order valence-electron chi connectivity index (χ2n) is 6.31. The molecule has 7 nitrogen and oxygen atoms in total. The van der Waals surface area contributed by atoms with Gasteiger partial charge in [0.25, 0.3) is 5.91 Å². The molecule has 0 atom stereocenters. The highest BCUT2D eigenvalue weighted by atomic mass is 16.5. The molecule has 0 spiro atoms. The summed E-state index contributed by atoms with van der Waals surface area (Å²) in [4.78, 5) is 21.6. The number of aromatic nitrogens is 2. The lowest BCUT2D eigenvalue weighted by atomic mass is 10.1. The summed E-state index contributed by atoms with van der Waals surface area (Å²) >= 11 is 0. The van der Waals surface area contributed by atoms with Crippen LogP contribution >= 0.6 is 0 Å². The van der Waals surface area contributed by atoms with Crippen LogP contribution in [0.1, 0.15) is 15.9 Å². The lowest BCUT2D eigenvalue weighted by Gasteiger charge is -2.15. The lowest BCUT2D eigenvalue weighted by molar-refractivity contribution is 0.102. The maximum absolute atomic E-state index is 13.0. The molecular weight excluding hydrogens is 370 g/mol. The molecule has 0 aliphatic heterocycles. The summed E-state index contributed by atoms with van der Waals surface area (Å²) in [6.07, 6.45) is 1.67. The monoisotopic (exact) mass is 389 g/mol. The minimum absolute atomic E-state index is 0.327. The van der Waals surface area contributed by atoms with Gasteiger partial charge in [0, 0.05) is 17.4 Å². The molecule has 0 unspecified atom stereocenters. The van der Waals surface area contributed by atoms with Crippen LogP contribution in [-0.4, -0.2) is 30.1 Å². The summed E-state index contributed by atoms with van der Waals surface area (Å²) in [5.41, 5.74) is 3.70. The quantitative estimate of drug-likeness (QED) is 0.542. The van der Waals surface area contributed by atoms with Crippen molar-refractivity contribution in [3.63, 3.8) is 0 Å². The molecule has 0 fully saturated rings. The molecule has 0 aliphatic carbocycles. The normalized spacial score (nSPS) is 10.7. The van der Waals surface area contributed by atoms with Crippen LogP contribution in [-0.2, 0) is 0 Å². The molecule has 7 heteroatoms. The number of nitrogens with zero attached hydrogens (tertiary/aromatic N) is 2. The first-order chi connectivity index (χ1) is 14.1. The molecule has 0 bridgehead atoms. The number of ether oxygens (including phenoxy) is 2. The fourth-order valence-corrected chi connectivity index (χ4v) is 3.15. The van der Waals surface area contributed by atoms with E-state index in [9.17, 15) is 4.79 Å². The SMILES string of the molecule is COc1cccc(OC)c1C(=O)Nc1cccc(-c2nc3ncccc3o2)c1C. The number of pyridine rings is 1. The van der Waals surface area contributed by atoms with E-state index in [2.05, 4.69) is 15.3 Å². The number of oxazole rings is 1. The molecule has 2 aromatic carbocycles. The van der Waals surface area contributed by atoms with Crippen LogP contribution in [0.5, 0.6) is 11.5 Å². The van der Waals surface area contributed by atoms with Crippen molar-refractivity contribution in [1.82, 2.24) is 9.97 Å². The minimum Gasteiger partial charge on any atom is -0.496 e. The average Bonchev–Trinajstić information content (AvgIpc) is 3.18. The van der Waals surface area contributed by atoms with Gasteiger partial charge in [0.05, 0.1) is 14.2 Å². The van der Waals surface area contributed by atoms with E-state index >= 15 is 0 Å². The molecule has 0 aliphatic rings. The first-order valence-electron chi connectivity index (χ1n) is 8.96. The van der Waals surface area contributed by atoms with E-state index in [4.69, 9.17) is 13.9 Å². The van der Waals surface area contributed by atoms with Gasteiger partial charge < -0.3 is 19.2 Å². The second-order valence-corrected chi connectivity index (χ2v) is 6.31. The maximum atomic E-state index is 13.0. The molecule has 1 N–H and O–H groups in total. The predicted molar refractivity (Wildman–Crippen MR) is 109 cm³/mol. The Morgan fingerprint density at radius 2 is 1.72 bits per heavy atom. The molecule has 2 heterocycles. The van der Waals surface area contributed by atoms with Crippen LogP contribution in [0.15, 0.2) is 59.1 Å². The second kappa shape index (κ2) is 7.63. The number of hydrogen-bond acceptors (Lipinski definition) is 6. The van der Waals surface area contributed by atoms with Gasteiger partial charge in [0.1, 0.15) is 17.1 Å². The Morgan fingerprint density at radius 3 is 2.41 bits per heavy atom. The summed E-state index contributed by atoms with van der Waals surface area (Å²) < 4.78 is 16.5. The average molecular weight is 389 g/mol. The van der Waals surface area contributed by atoms with Crippen molar-refractivity contribution in [3.8, 4) is 23.0 Å². The van der Waals surface area contributed by atoms with Crippen LogP contribution in [0.4, 0.5) is 5.69 Å². The summed E-state index contributed by atoms with van der Waals surface area (Å²) in [6, 6.07) is 14.3. The number of benzene rings is 2. The number of rotatable bonds is 5. The molecule has 4 aromatic rings. The third-order valence-corrected chi connectivity index (χ3v) is 4.63. The largest absolute Gasteiger partial charge is 0.496 e. The molecule has 4 rings (SSSR count). The van der Waals surface area contributed by atoms with Gasteiger partial charge in [-0.15, -0.1) is 0 Å². The number of carbonyl (C=O) groups is 1. The van der Waals surface area contributed by atoms with Crippen molar-refractivity contribution in [2.45, 2.75) is 6.92 Å². The van der Waals surface area contributed by atoms with E-state index in [1.54, 1.807) is 30.5 Å². The Bertz CT molecular complexity index is 1140. The Kier molecular flexibility index (Phi) is 4.87. The zero-order valence-corrected chi connectivity index (χ0v) is 16.2. The molecule has 0 saturated carbocycles. The van der Waals surface area contributed by atoms with E-state index < -0.39 is 0 Å². The Labute approximate surface area is 167 Å². The summed E-state index contributed by atoms with van der Waals surface area (Å²) in [6.45, 7) is 1.90. The molecule has 2 aromatic heterocycles. The fraction of sp³-hybridized carbons (Fsp3) is 0.136. The summed E-state index contributed by atoms with van der Waals surface area (Å²) in [7, 11) is 3.03. The van der Waals surface area contributed by atoms with E-state index in [-0.39, 0.29) is 5.91 Å². The number of methoxy groups -OCH3 is 2. The Morgan fingerprint density at radius 1 is 1.00 bits per heavy atom. The topological polar surface area (TPSA) is 86.5 Å². The van der Waals surface area contributed by atoms with Gasteiger partial charge in [0.15, 0.2) is 11.2 Å². The van der Waals surface area contributed by atoms with Crippen LogP contribution in [0.2, 0.25) is 0 Å². The third-order valence-electron chi connectivity index (χ3n) is 4.63. The van der Waals surface area contributed by atoms with Crippen molar-refractivity contribution in [1.29, 1.82) is 0 Å². The number of nitrogens with one attached hydrogen (secondary N) is 1. The standard InChI is InChI=1S/C22H19N3O4/c1-13-14(22-25-20-18(29-22)11-6-12-23-20)7-4-8-15(13)24-21(26)19-16(27-2)9-5-10-17(19)28-3/h4-12H,1-3H3,(H,24,26). The summed E-state index contributed by atoms with van der Waals surface area (Å²) in [5.74, 6) is 0.974. The number of amides is 1. The first kappa shape index (κ1) is 18.5. The van der Waals surface area contributed by atoms with Crippen molar-refractivity contribution in [3.05, 3.63) is 65.9 Å². The highest BCUT2D eigenvalue weighted by Crippen LogP contribution is 2.32. The number of anilines is 1. The predicted octanol–water partition coefficient (Wildman–Crippen LogP) is 4.47. The third kappa shape index (κ3) is 3.38. The van der Waals surface area contributed by atoms with Crippen molar-refractivity contribution in [2.24, 2.45) is 0 Å². The van der Waals surface area contributed by atoms with E-state index in [1.807, 2.05) is 31.2 Å². The van der Waals surface area contributed by atoms with Crippen LogP contribution in [0.25, 0.3) is 22.7 Å². The molecule has 0 radical (unpaired) electrons. The van der Waals surface area contributed by atoms with Gasteiger partial charge in [-0.3, -0.25) is 4.79 Å². The first-order valence-corrected chi connectivity index (χ1v) is 8.96. The number of fused-ring (bicyclic) bond motifs is 1. The van der Waals surface area contributed by atoms with Gasteiger partial charge in [-0.25, -0.2) is 4.98 Å². The molecule has 29 heavy (non-hydrogen) atoms. The van der Waals surface area contributed by atoms with E-state index in [1.165, 1.54) is 14.2 Å². The van der Waals surface area contributed by atoms with Crippen LogP contribution in [0.3, 0.4) is 0 Å². The highest BCUT2D eigenvalue weighted by molar-refractivity contribution is 6.08. The molecule has 0 saturated heterocycles. The smallest absolute Gasteiger partial charge is 0.263 e. The number of carbonyl (C=O) groups excluding carboxylic acids is 1. The minimum atomic E-state index is -0.334. The van der Waals surface area contributed by atoms with Crippen LogP contribution in [0, 0.1) is 6.92 Å². The fourth-order valence-electron chi connectivity index (χ4n) is 3.15. The maximum Gasteiger partial charge on any atom is 0.263 e. The summed E-state index contributed by atoms with van der Waals surface area (Å²) in [5, 5.41) is 2.94. The zero-order chi connectivity index (χ0) is 20.4. The van der Waals surface area contributed by atoms with E-state index in [0.29, 0.717) is 39.9 Å². The van der Waals surface area contributed by atoms with Gasteiger partial charge in [-0.1, -0.05) is 12.1 Å². The van der Waals surface area contributed by atoms with Crippen LogP contribution < -0.4 is 14.8 Å². The van der Waals surface area contributed by atoms with Gasteiger partial charge in [-0.05, 0) is 48.9 Å². The van der Waals surface area contributed by atoms with Gasteiger partial charge >= 0.3 is 0 Å². The zero-order valence-electron chi connectivity index (χ0n) is 16.2. The number of hydrogen-bond donors (Lipinski definition) is 1. The van der Waals surface area contributed by atoms with Crippen molar-refractivity contribution in [2.75, 3.05) is 19.5 Å². The molecule has 146 valence electrons. The van der Waals surface area contributed by atoms with Gasteiger partial charge in [0.2, 0.25) is 5.89 Å². The Balaban J connectivity index is 1.71. The highest BCUT2D eigenvalue weighted by Gasteiger charge is 2.20. The van der Waals surface area contributed by atoms with Crippen molar-refractivity contribution < 1.29 is 18.7 Å². The molecular formula is C22H19N3O4. The molecule has 1 amide bonds.